The minimum atomic E-state index is 0.603. The van der Waals surface area contributed by atoms with Crippen molar-refractivity contribution >= 4 is 21.6 Å². The minimum Gasteiger partial charge on any atom is -0.374 e. The number of aromatic nitrogens is 2. The highest BCUT2D eigenvalue weighted by Gasteiger charge is 2.31. The second-order valence-electron chi connectivity index (χ2n) is 5.91. The summed E-state index contributed by atoms with van der Waals surface area (Å²) in [6.07, 6.45) is 13.5. The molecule has 3 rings (SSSR count). The highest BCUT2D eigenvalue weighted by Crippen LogP contribution is 2.35. The molecule has 0 bridgehead atoms. The van der Waals surface area contributed by atoms with Gasteiger partial charge in [-0.05, 0) is 25.7 Å². The van der Waals surface area contributed by atoms with Crippen LogP contribution in [-0.2, 0) is 0 Å². The Morgan fingerprint density at radius 3 is 1.79 bits per heavy atom. The lowest BCUT2D eigenvalue weighted by Gasteiger charge is -2.41. The summed E-state index contributed by atoms with van der Waals surface area (Å²) in [6, 6.07) is 1.34. The topological polar surface area (TPSA) is 55.0 Å². The molecule has 1 aromatic rings. The van der Waals surface area contributed by atoms with Crippen molar-refractivity contribution in [1.82, 2.24) is 10.2 Å². The molecule has 2 fully saturated rings. The molecule has 0 atom stereocenters. The molecule has 0 saturated heterocycles. The number of nitrogen functional groups attached to an aromatic ring is 1. The molecule has 2 aliphatic rings. The molecular formula is C14H24N4S. The van der Waals surface area contributed by atoms with Gasteiger partial charge in [0.2, 0.25) is 10.3 Å². The predicted molar refractivity (Wildman–Crippen MR) is 80.5 cm³/mol. The molecule has 1 heterocycles. The van der Waals surface area contributed by atoms with Crippen LogP contribution in [0, 0.1) is 0 Å². The Balaban J connectivity index is 1.81. The summed E-state index contributed by atoms with van der Waals surface area (Å²) in [5.74, 6) is 0. The largest absolute Gasteiger partial charge is 0.374 e. The molecule has 2 N–H and O–H groups in total. The monoisotopic (exact) mass is 280 g/mol. The van der Waals surface area contributed by atoms with Gasteiger partial charge >= 0.3 is 0 Å². The maximum Gasteiger partial charge on any atom is 0.210 e. The van der Waals surface area contributed by atoms with E-state index in [2.05, 4.69) is 15.1 Å². The number of hydrogen-bond acceptors (Lipinski definition) is 5. The Morgan fingerprint density at radius 2 is 1.37 bits per heavy atom. The van der Waals surface area contributed by atoms with Gasteiger partial charge < -0.3 is 10.6 Å². The number of nitrogens with zero attached hydrogens (tertiary/aromatic N) is 3. The molecule has 0 amide bonds. The first-order valence-electron chi connectivity index (χ1n) is 7.72. The molecule has 0 aliphatic heterocycles. The Labute approximate surface area is 119 Å². The second kappa shape index (κ2) is 6.07. The van der Waals surface area contributed by atoms with Crippen molar-refractivity contribution in [2.75, 3.05) is 10.6 Å². The van der Waals surface area contributed by atoms with Gasteiger partial charge in [0.05, 0.1) is 0 Å². The van der Waals surface area contributed by atoms with Gasteiger partial charge in [-0.15, -0.1) is 10.2 Å². The Kier molecular flexibility index (Phi) is 4.21. The molecule has 5 heteroatoms. The Morgan fingerprint density at radius 1 is 0.842 bits per heavy atom. The maximum atomic E-state index is 5.79. The Hall–Kier alpha value is -0.840. The average molecular weight is 280 g/mol. The fourth-order valence-corrected chi connectivity index (χ4v) is 4.41. The predicted octanol–water partition coefficient (Wildman–Crippen LogP) is 3.59. The number of rotatable bonds is 3. The third-order valence-corrected chi connectivity index (χ3v) is 5.35. The van der Waals surface area contributed by atoms with Gasteiger partial charge in [0.1, 0.15) is 0 Å². The molecule has 4 nitrogen and oxygen atoms in total. The second-order valence-corrected chi connectivity index (χ2v) is 6.90. The highest BCUT2D eigenvalue weighted by atomic mass is 32.1. The summed E-state index contributed by atoms with van der Waals surface area (Å²) in [4.78, 5) is 2.59. The van der Waals surface area contributed by atoms with Crippen LogP contribution in [0.3, 0.4) is 0 Å². The summed E-state index contributed by atoms with van der Waals surface area (Å²) >= 11 is 1.56. The zero-order valence-corrected chi connectivity index (χ0v) is 12.4. The normalized spacial score (nSPS) is 22.5. The van der Waals surface area contributed by atoms with Crippen molar-refractivity contribution in [1.29, 1.82) is 0 Å². The minimum absolute atomic E-state index is 0.603. The quantitative estimate of drug-likeness (QED) is 0.919. The van der Waals surface area contributed by atoms with Gasteiger partial charge in [0, 0.05) is 12.1 Å². The lowest BCUT2D eigenvalue weighted by atomic mass is 9.89. The van der Waals surface area contributed by atoms with Crippen LogP contribution < -0.4 is 10.6 Å². The van der Waals surface area contributed by atoms with Crippen LogP contribution in [0.5, 0.6) is 0 Å². The average Bonchev–Trinajstić information content (AvgIpc) is 2.88. The van der Waals surface area contributed by atoms with Gasteiger partial charge in [-0.3, -0.25) is 0 Å². The lowest BCUT2D eigenvalue weighted by Crippen LogP contribution is -2.45. The van der Waals surface area contributed by atoms with Gasteiger partial charge in [-0.1, -0.05) is 49.9 Å². The zero-order valence-electron chi connectivity index (χ0n) is 11.6. The summed E-state index contributed by atoms with van der Waals surface area (Å²) in [5.41, 5.74) is 5.79. The van der Waals surface area contributed by atoms with Crippen LogP contribution >= 0.6 is 11.3 Å². The van der Waals surface area contributed by atoms with Crippen molar-refractivity contribution in [2.45, 2.75) is 76.3 Å². The molecular weight excluding hydrogens is 256 g/mol. The van der Waals surface area contributed by atoms with E-state index in [1.54, 1.807) is 11.3 Å². The molecule has 106 valence electrons. The van der Waals surface area contributed by atoms with Gasteiger partial charge in [-0.2, -0.15) is 0 Å². The van der Waals surface area contributed by atoms with Crippen LogP contribution in [0.4, 0.5) is 10.3 Å². The third kappa shape index (κ3) is 3.02. The van der Waals surface area contributed by atoms with E-state index < -0.39 is 0 Å². The van der Waals surface area contributed by atoms with Crippen molar-refractivity contribution in [3.63, 3.8) is 0 Å². The number of hydrogen-bond donors (Lipinski definition) is 1. The fourth-order valence-electron chi connectivity index (χ4n) is 3.66. The Bertz CT molecular complexity index is 376. The number of anilines is 2. The van der Waals surface area contributed by atoms with E-state index in [1.807, 2.05) is 0 Å². The summed E-state index contributed by atoms with van der Waals surface area (Å²) in [7, 11) is 0. The molecule has 0 unspecified atom stereocenters. The zero-order chi connectivity index (χ0) is 13.1. The lowest BCUT2D eigenvalue weighted by molar-refractivity contribution is 0.339. The van der Waals surface area contributed by atoms with E-state index in [4.69, 9.17) is 5.73 Å². The van der Waals surface area contributed by atoms with Crippen molar-refractivity contribution in [3.8, 4) is 0 Å². The first-order valence-corrected chi connectivity index (χ1v) is 8.53. The standard InChI is InChI=1S/C14H24N4S/c15-13-16-17-14(19-13)18(11-7-3-1-4-8-11)12-9-5-2-6-10-12/h11-12H,1-10H2,(H2,15,16). The van der Waals surface area contributed by atoms with Crippen LogP contribution in [0.2, 0.25) is 0 Å². The molecule has 0 aromatic carbocycles. The summed E-state index contributed by atoms with van der Waals surface area (Å²) in [6.45, 7) is 0. The van der Waals surface area contributed by atoms with Gasteiger partial charge in [0.15, 0.2) is 0 Å². The van der Waals surface area contributed by atoms with Crippen LogP contribution in [0.15, 0.2) is 0 Å². The molecule has 0 radical (unpaired) electrons. The first-order chi connectivity index (χ1) is 9.34. The summed E-state index contributed by atoms with van der Waals surface area (Å²) in [5, 5.41) is 10.0. The van der Waals surface area contributed by atoms with Crippen LogP contribution in [-0.4, -0.2) is 22.3 Å². The van der Waals surface area contributed by atoms with E-state index in [0.29, 0.717) is 17.2 Å². The molecule has 1 aromatic heterocycles. The number of nitrogens with two attached hydrogens (primary N) is 1. The third-order valence-electron chi connectivity index (χ3n) is 4.59. The highest BCUT2D eigenvalue weighted by molar-refractivity contribution is 7.18. The van der Waals surface area contributed by atoms with E-state index in [9.17, 15) is 0 Å². The van der Waals surface area contributed by atoms with E-state index in [-0.39, 0.29) is 0 Å². The van der Waals surface area contributed by atoms with E-state index in [0.717, 1.165) is 5.13 Å². The maximum absolute atomic E-state index is 5.79. The van der Waals surface area contributed by atoms with E-state index >= 15 is 0 Å². The van der Waals surface area contributed by atoms with E-state index in [1.165, 1.54) is 64.2 Å². The molecule has 19 heavy (non-hydrogen) atoms. The van der Waals surface area contributed by atoms with Crippen molar-refractivity contribution < 1.29 is 0 Å². The molecule has 0 spiro atoms. The summed E-state index contributed by atoms with van der Waals surface area (Å²) < 4.78 is 0. The van der Waals surface area contributed by atoms with Crippen molar-refractivity contribution in [2.24, 2.45) is 0 Å². The fraction of sp³-hybridized carbons (Fsp3) is 0.857. The van der Waals surface area contributed by atoms with Crippen LogP contribution in [0.1, 0.15) is 64.2 Å². The van der Waals surface area contributed by atoms with Gasteiger partial charge in [0.25, 0.3) is 0 Å². The molecule has 2 aliphatic carbocycles. The first kappa shape index (κ1) is 13.2. The van der Waals surface area contributed by atoms with Crippen molar-refractivity contribution in [3.05, 3.63) is 0 Å². The SMILES string of the molecule is Nc1nnc(N(C2CCCCC2)C2CCCCC2)s1. The van der Waals surface area contributed by atoms with Crippen LogP contribution in [0.25, 0.3) is 0 Å². The molecule has 2 saturated carbocycles. The smallest absolute Gasteiger partial charge is 0.210 e. The van der Waals surface area contributed by atoms with Gasteiger partial charge in [-0.25, -0.2) is 0 Å².